The molecule has 2 aromatic heterocycles. The fourth-order valence-corrected chi connectivity index (χ4v) is 1.93. The molecule has 18 heavy (non-hydrogen) atoms. The number of nitrogens with zero attached hydrogens (tertiary/aromatic N) is 2. The minimum Gasteiger partial charge on any atom is -0.459 e. The predicted molar refractivity (Wildman–Crippen MR) is 69.4 cm³/mol. The Morgan fingerprint density at radius 2 is 2.22 bits per heavy atom. The summed E-state index contributed by atoms with van der Waals surface area (Å²) in [6, 6.07) is 3.62. The zero-order chi connectivity index (χ0) is 13.3. The zero-order valence-corrected chi connectivity index (χ0v) is 11.5. The van der Waals surface area contributed by atoms with Gasteiger partial charge in [0.15, 0.2) is 0 Å². The van der Waals surface area contributed by atoms with Crippen molar-refractivity contribution in [1.82, 2.24) is 9.38 Å². The molecule has 6 heteroatoms. The Labute approximate surface area is 112 Å². The molecule has 5 nitrogen and oxygen atoms in total. The summed E-state index contributed by atoms with van der Waals surface area (Å²) < 4.78 is 6.62. The molecule has 2 heterocycles. The zero-order valence-electron chi connectivity index (χ0n) is 9.94. The maximum atomic E-state index is 12.1. The molecule has 0 saturated heterocycles. The maximum absolute atomic E-state index is 12.1. The topological polar surface area (TPSA) is 60.7 Å². The number of halogens is 1. The lowest BCUT2D eigenvalue weighted by Crippen LogP contribution is -2.19. The third kappa shape index (κ3) is 2.43. The molecule has 0 aliphatic heterocycles. The summed E-state index contributed by atoms with van der Waals surface area (Å²) in [4.78, 5) is 27.1. The molecule has 0 aliphatic rings. The summed E-state index contributed by atoms with van der Waals surface area (Å²) >= 11 is 3.19. The molecule has 0 radical (unpaired) electrons. The fourth-order valence-electron chi connectivity index (χ4n) is 1.54. The van der Waals surface area contributed by atoms with E-state index in [0.29, 0.717) is 15.8 Å². The van der Waals surface area contributed by atoms with E-state index in [-0.39, 0.29) is 12.2 Å². The summed E-state index contributed by atoms with van der Waals surface area (Å²) in [5, 5.41) is 0. The predicted octanol–water partition coefficient (Wildman–Crippen LogP) is 1.83. The first-order valence-electron chi connectivity index (χ1n) is 5.30. The SMILES string of the molecule is CC(=O)OCc1nc2ccc(C)cn2c(=O)c1Br. The van der Waals surface area contributed by atoms with Gasteiger partial charge in [-0.3, -0.25) is 14.0 Å². The lowest BCUT2D eigenvalue weighted by atomic mass is 10.3. The fraction of sp³-hybridized carbons (Fsp3) is 0.250. The van der Waals surface area contributed by atoms with E-state index in [0.717, 1.165) is 5.56 Å². The number of esters is 1. The van der Waals surface area contributed by atoms with Crippen molar-refractivity contribution in [2.24, 2.45) is 0 Å². The summed E-state index contributed by atoms with van der Waals surface area (Å²) in [6.07, 6.45) is 1.71. The number of ether oxygens (including phenoxy) is 1. The van der Waals surface area contributed by atoms with Crippen molar-refractivity contribution < 1.29 is 9.53 Å². The van der Waals surface area contributed by atoms with E-state index in [2.05, 4.69) is 20.9 Å². The molecule has 0 atom stereocenters. The van der Waals surface area contributed by atoms with E-state index in [4.69, 9.17) is 4.74 Å². The number of hydrogen-bond donors (Lipinski definition) is 0. The molecule has 0 spiro atoms. The number of pyridine rings is 1. The molecule has 0 saturated carbocycles. The van der Waals surface area contributed by atoms with Crippen LogP contribution in [-0.4, -0.2) is 15.4 Å². The van der Waals surface area contributed by atoms with Gasteiger partial charge in [-0.1, -0.05) is 6.07 Å². The Bertz CT molecular complexity index is 679. The van der Waals surface area contributed by atoms with Gasteiger partial charge >= 0.3 is 5.97 Å². The third-order valence-corrected chi connectivity index (χ3v) is 3.19. The second-order valence-corrected chi connectivity index (χ2v) is 4.69. The van der Waals surface area contributed by atoms with Gasteiger partial charge in [0.05, 0.1) is 0 Å². The van der Waals surface area contributed by atoms with Crippen LogP contribution in [0.4, 0.5) is 0 Å². The number of hydrogen-bond acceptors (Lipinski definition) is 4. The second-order valence-electron chi connectivity index (χ2n) is 3.89. The van der Waals surface area contributed by atoms with Crippen LogP contribution in [0.1, 0.15) is 18.2 Å². The van der Waals surface area contributed by atoms with E-state index >= 15 is 0 Å². The molecule has 2 rings (SSSR count). The summed E-state index contributed by atoms with van der Waals surface area (Å²) in [5.74, 6) is -0.409. The minimum absolute atomic E-state index is 0.0183. The molecule has 94 valence electrons. The third-order valence-electron chi connectivity index (χ3n) is 2.40. The number of aryl methyl sites for hydroxylation is 1. The van der Waals surface area contributed by atoms with Gasteiger partial charge in [0.25, 0.3) is 5.56 Å². The summed E-state index contributed by atoms with van der Waals surface area (Å²) in [6.45, 7) is 3.19. The van der Waals surface area contributed by atoms with Gasteiger partial charge in [-0.25, -0.2) is 4.98 Å². The standard InChI is InChI=1S/C12H11BrN2O3/c1-7-3-4-10-14-9(6-18-8(2)16)11(13)12(17)15(10)5-7/h3-5H,6H2,1-2H3. The van der Waals surface area contributed by atoms with Crippen LogP contribution in [0, 0.1) is 6.92 Å². The molecule has 0 aromatic carbocycles. The van der Waals surface area contributed by atoms with E-state index in [1.54, 1.807) is 12.3 Å². The highest BCUT2D eigenvalue weighted by Crippen LogP contribution is 2.13. The highest BCUT2D eigenvalue weighted by molar-refractivity contribution is 9.10. The van der Waals surface area contributed by atoms with Gasteiger partial charge in [-0.2, -0.15) is 0 Å². The monoisotopic (exact) mass is 310 g/mol. The van der Waals surface area contributed by atoms with Gasteiger partial charge in [-0.15, -0.1) is 0 Å². The largest absolute Gasteiger partial charge is 0.459 e. The Morgan fingerprint density at radius 1 is 1.50 bits per heavy atom. The van der Waals surface area contributed by atoms with Crippen molar-refractivity contribution >= 4 is 27.5 Å². The van der Waals surface area contributed by atoms with Crippen molar-refractivity contribution in [3.8, 4) is 0 Å². The van der Waals surface area contributed by atoms with Crippen LogP contribution in [0.2, 0.25) is 0 Å². The smallest absolute Gasteiger partial charge is 0.303 e. The van der Waals surface area contributed by atoms with Crippen LogP contribution in [0.3, 0.4) is 0 Å². The number of carbonyl (C=O) groups excluding carboxylic acids is 1. The molecule has 0 aliphatic carbocycles. The Kier molecular flexibility index (Phi) is 3.47. The van der Waals surface area contributed by atoms with Crippen LogP contribution in [0.15, 0.2) is 27.6 Å². The van der Waals surface area contributed by atoms with Crippen LogP contribution in [0.5, 0.6) is 0 Å². The molecule has 0 N–H and O–H groups in total. The van der Waals surface area contributed by atoms with Gasteiger partial charge in [0, 0.05) is 13.1 Å². The average Bonchev–Trinajstić information content (AvgIpc) is 2.32. The minimum atomic E-state index is -0.409. The molecule has 0 unspecified atom stereocenters. The first-order chi connectivity index (χ1) is 8.49. The first-order valence-corrected chi connectivity index (χ1v) is 6.09. The lowest BCUT2D eigenvalue weighted by Gasteiger charge is -2.07. The van der Waals surface area contributed by atoms with E-state index < -0.39 is 5.97 Å². The normalized spacial score (nSPS) is 10.6. The van der Waals surface area contributed by atoms with Crippen LogP contribution in [0.25, 0.3) is 5.65 Å². The molecule has 0 fully saturated rings. The molecular weight excluding hydrogens is 300 g/mol. The molecule has 0 amide bonds. The molecule has 0 bridgehead atoms. The van der Waals surface area contributed by atoms with Crippen molar-refractivity contribution in [1.29, 1.82) is 0 Å². The Morgan fingerprint density at radius 3 is 2.89 bits per heavy atom. The number of rotatable bonds is 2. The molecule has 2 aromatic rings. The number of fused-ring (bicyclic) bond motifs is 1. The quantitative estimate of drug-likeness (QED) is 0.794. The van der Waals surface area contributed by atoms with Crippen LogP contribution >= 0.6 is 15.9 Å². The van der Waals surface area contributed by atoms with Gasteiger partial charge in [0.2, 0.25) is 0 Å². The van der Waals surface area contributed by atoms with E-state index in [9.17, 15) is 9.59 Å². The van der Waals surface area contributed by atoms with Crippen LogP contribution in [-0.2, 0) is 16.1 Å². The number of aromatic nitrogens is 2. The Hall–Kier alpha value is -1.69. The van der Waals surface area contributed by atoms with Gasteiger partial charge in [-0.05, 0) is 34.5 Å². The van der Waals surface area contributed by atoms with Gasteiger partial charge in [0.1, 0.15) is 22.4 Å². The second kappa shape index (κ2) is 4.89. The summed E-state index contributed by atoms with van der Waals surface area (Å²) in [7, 11) is 0. The lowest BCUT2D eigenvalue weighted by molar-refractivity contribution is -0.142. The van der Waals surface area contributed by atoms with Crippen molar-refractivity contribution in [3.63, 3.8) is 0 Å². The van der Waals surface area contributed by atoms with Gasteiger partial charge < -0.3 is 4.74 Å². The first kappa shape index (κ1) is 12.8. The van der Waals surface area contributed by atoms with Crippen molar-refractivity contribution in [2.75, 3.05) is 0 Å². The average molecular weight is 311 g/mol. The van der Waals surface area contributed by atoms with E-state index in [1.807, 2.05) is 13.0 Å². The molecular formula is C12H11BrN2O3. The highest BCUT2D eigenvalue weighted by atomic mass is 79.9. The van der Waals surface area contributed by atoms with Crippen LogP contribution < -0.4 is 5.56 Å². The highest BCUT2D eigenvalue weighted by Gasteiger charge is 2.11. The maximum Gasteiger partial charge on any atom is 0.303 e. The van der Waals surface area contributed by atoms with Crippen molar-refractivity contribution in [2.45, 2.75) is 20.5 Å². The Balaban J connectivity index is 2.57. The summed E-state index contributed by atoms with van der Waals surface area (Å²) in [5.41, 5.74) is 1.69. The van der Waals surface area contributed by atoms with E-state index in [1.165, 1.54) is 11.3 Å². The van der Waals surface area contributed by atoms with Crippen molar-refractivity contribution in [3.05, 3.63) is 44.4 Å². The number of carbonyl (C=O) groups is 1.